The Bertz CT molecular complexity index is 341. The van der Waals surface area contributed by atoms with Crippen molar-refractivity contribution in [1.29, 1.82) is 0 Å². The lowest BCUT2D eigenvalue weighted by molar-refractivity contribution is 0.323. The summed E-state index contributed by atoms with van der Waals surface area (Å²) in [6.07, 6.45) is 2.07. The summed E-state index contributed by atoms with van der Waals surface area (Å²) in [6, 6.07) is 8.73. The van der Waals surface area contributed by atoms with Crippen molar-refractivity contribution in [3.8, 4) is 0 Å². The molecule has 1 rings (SSSR count). The van der Waals surface area contributed by atoms with Crippen LogP contribution in [-0.2, 0) is 0 Å². The highest BCUT2D eigenvalue weighted by atomic mass is 15.1. The first kappa shape index (κ1) is 13.0. The number of benzene rings is 1. The SMILES string of the molecule is C=CC(c1cccc(C)c1)[C@@H](C)CN(C)C. The van der Waals surface area contributed by atoms with Crippen LogP contribution in [0.5, 0.6) is 0 Å². The van der Waals surface area contributed by atoms with Crippen LogP contribution in [0.1, 0.15) is 24.0 Å². The Morgan fingerprint density at radius 3 is 2.56 bits per heavy atom. The Balaban J connectivity index is 2.85. The molecule has 16 heavy (non-hydrogen) atoms. The van der Waals surface area contributed by atoms with E-state index in [4.69, 9.17) is 0 Å². The smallest absolute Gasteiger partial charge is 0.00532 e. The van der Waals surface area contributed by atoms with E-state index < -0.39 is 0 Å². The molecule has 0 radical (unpaired) electrons. The van der Waals surface area contributed by atoms with Gasteiger partial charge in [-0.3, -0.25) is 0 Å². The second kappa shape index (κ2) is 5.86. The van der Waals surface area contributed by atoms with Crippen molar-refractivity contribution < 1.29 is 0 Å². The zero-order valence-corrected chi connectivity index (χ0v) is 10.9. The van der Waals surface area contributed by atoms with Gasteiger partial charge in [-0.2, -0.15) is 0 Å². The zero-order valence-electron chi connectivity index (χ0n) is 10.9. The monoisotopic (exact) mass is 217 g/mol. The highest BCUT2D eigenvalue weighted by Gasteiger charge is 2.16. The minimum absolute atomic E-state index is 0.447. The van der Waals surface area contributed by atoms with E-state index in [9.17, 15) is 0 Å². The van der Waals surface area contributed by atoms with Crippen molar-refractivity contribution in [2.75, 3.05) is 20.6 Å². The average Bonchev–Trinajstić information content (AvgIpc) is 2.17. The van der Waals surface area contributed by atoms with Crippen molar-refractivity contribution in [3.05, 3.63) is 48.0 Å². The maximum absolute atomic E-state index is 3.98. The third-order valence-corrected chi connectivity index (χ3v) is 2.95. The van der Waals surface area contributed by atoms with E-state index in [0.29, 0.717) is 11.8 Å². The molecule has 1 unspecified atom stereocenters. The molecule has 0 fully saturated rings. The standard InChI is InChI=1S/C15H23N/c1-6-15(13(3)11-16(4)5)14-9-7-8-12(2)10-14/h6-10,13,15H,1,11H2,2-5H3/t13-,15?/m0/s1. The molecule has 88 valence electrons. The van der Waals surface area contributed by atoms with Gasteiger partial charge >= 0.3 is 0 Å². The molecule has 0 aliphatic heterocycles. The van der Waals surface area contributed by atoms with Gasteiger partial charge in [-0.1, -0.05) is 42.8 Å². The summed E-state index contributed by atoms with van der Waals surface area (Å²) in [6.45, 7) is 9.49. The predicted molar refractivity (Wildman–Crippen MR) is 71.8 cm³/mol. The summed E-state index contributed by atoms with van der Waals surface area (Å²) >= 11 is 0. The molecular weight excluding hydrogens is 194 g/mol. The van der Waals surface area contributed by atoms with E-state index in [1.165, 1.54) is 11.1 Å². The Morgan fingerprint density at radius 2 is 2.06 bits per heavy atom. The minimum Gasteiger partial charge on any atom is -0.309 e. The van der Waals surface area contributed by atoms with Gasteiger partial charge in [0.15, 0.2) is 0 Å². The van der Waals surface area contributed by atoms with Crippen LogP contribution in [0.4, 0.5) is 0 Å². The first-order valence-electron chi connectivity index (χ1n) is 5.88. The van der Waals surface area contributed by atoms with Gasteiger partial charge in [0.05, 0.1) is 0 Å². The van der Waals surface area contributed by atoms with Crippen molar-refractivity contribution in [3.63, 3.8) is 0 Å². The molecule has 1 heteroatoms. The number of hydrogen-bond donors (Lipinski definition) is 0. The molecule has 0 aliphatic carbocycles. The molecule has 0 amide bonds. The van der Waals surface area contributed by atoms with Crippen LogP contribution in [0, 0.1) is 12.8 Å². The summed E-state index contributed by atoms with van der Waals surface area (Å²) in [4.78, 5) is 2.23. The summed E-state index contributed by atoms with van der Waals surface area (Å²) < 4.78 is 0. The highest BCUT2D eigenvalue weighted by molar-refractivity contribution is 5.28. The van der Waals surface area contributed by atoms with Crippen LogP contribution < -0.4 is 0 Å². The maximum Gasteiger partial charge on any atom is 0.00532 e. The lowest BCUT2D eigenvalue weighted by Gasteiger charge is -2.24. The first-order chi connectivity index (χ1) is 7.54. The van der Waals surface area contributed by atoms with Crippen LogP contribution in [-0.4, -0.2) is 25.5 Å². The fourth-order valence-corrected chi connectivity index (χ4v) is 2.26. The summed E-state index contributed by atoms with van der Waals surface area (Å²) in [5, 5.41) is 0. The number of aryl methyl sites for hydroxylation is 1. The largest absolute Gasteiger partial charge is 0.309 e. The van der Waals surface area contributed by atoms with Crippen molar-refractivity contribution in [1.82, 2.24) is 4.90 Å². The van der Waals surface area contributed by atoms with E-state index in [-0.39, 0.29) is 0 Å². The molecule has 1 aromatic rings. The quantitative estimate of drug-likeness (QED) is 0.683. The van der Waals surface area contributed by atoms with Gasteiger partial charge in [0.25, 0.3) is 0 Å². The lowest BCUT2D eigenvalue weighted by atomic mass is 9.86. The van der Waals surface area contributed by atoms with Crippen LogP contribution >= 0.6 is 0 Å². The van der Waals surface area contributed by atoms with Crippen molar-refractivity contribution in [2.45, 2.75) is 19.8 Å². The van der Waals surface area contributed by atoms with Crippen LogP contribution in [0.3, 0.4) is 0 Å². The van der Waals surface area contributed by atoms with E-state index in [2.05, 4.69) is 69.8 Å². The number of allylic oxidation sites excluding steroid dienone is 1. The van der Waals surface area contributed by atoms with E-state index in [0.717, 1.165) is 6.54 Å². The molecule has 0 saturated carbocycles. The third-order valence-electron chi connectivity index (χ3n) is 2.95. The molecule has 1 nitrogen and oxygen atoms in total. The van der Waals surface area contributed by atoms with Gasteiger partial charge < -0.3 is 4.90 Å². The van der Waals surface area contributed by atoms with Gasteiger partial charge in [0, 0.05) is 12.5 Å². The van der Waals surface area contributed by atoms with Crippen molar-refractivity contribution >= 4 is 0 Å². The first-order valence-corrected chi connectivity index (χ1v) is 5.88. The lowest BCUT2D eigenvalue weighted by Crippen LogP contribution is -2.23. The maximum atomic E-state index is 3.98. The molecule has 0 N–H and O–H groups in total. The summed E-state index contributed by atoms with van der Waals surface area (Å²) in [7, 11) is 4.24. The second-order valence-corrected chi connectivity index (χ2v) is 4.92. The van der Waals surface area contributed by atoms with Crippen LogP contribution in [0.15, 0.2) is 36.9 Å². The molecule has 0 heterocycles. The fourth-order valence-electron chi connectivity index (χ4n) is 2.26. The summed E-state index contributed by atoms with van der Waals surface area (Å²) in [5.74, 6) is 1.04. The Hall–Kier alpha value is -1.08. The normalized spacial score (nSPS) is 14.8. The van der Waals surface area contributed by atoms with E-state index >= 15 is 0 Å². The molecular formula is C15H23N. The van der Waals surface area contributed by atoms with E-state index in [1.54, 1.807) is 0 Å². The van der Waals surface area contributed by atoms with Gasteiger partial charge in [0.2, 0.25) is 0 Å². The Morgan fingerprint density at radius 1 is 1.38 bits per heavy atom. The van der Waals surface area contributed by atoms with Crippen molar-refractivity contribution in [2.24, 2.45) is 5.92 Å². The molecule has 0 saturated heterocycles. The van der Waals surface area contributed by atoms with Gasteiger partial charge in [-0.15, -0.1) is 6.58 Å². The second-order valence-electron chi connectivity index (χ2n) is 4.92. The predicted octanol–water partition coefficient (Wildman–Crippen LogP) is 3.46. The average molecular weight is 217 g/mol. The van der Waals surface area contributed by atoms with Gasteiger partial charge in [-0.05, 0) is 32.5 Å². The molecule has 0 aromatic heterocycles. The molecule has 2 atom stereocenters. The Kier molecular flexibility index (Phi) is 4.75. The zero-order chi connectivity index (χ0) is 12.1. The summed E-state index contributed by atoms with van der Waals surface area (Å²) in [5.41, 5.74) is 2.70. The fraction of sp³-hybridized carbons (Fsp3) is 0.467. The third kappa shape index (κ3) is 3.49. The molecule has 0 bridgehead atoms. The molecule has 0 spiro atoms. The Labute approximate surface area is 99.8 Å². The molecule has 1 aromatic carbocycles. The number of nitrogens with zero attached hydrogens (tertiary/aromatic N) is 1. The van der Waals surface area contributed by atoms with Gasteiger partial charge in [-0.25, -0.2) is 0 Å². The van der Waals surface area contributed by atoms with Crippen LogP contribution in [0.25, 0.3) is 0 Å². The number of rotatable bonds is 5. The molecule has 0 aliphatic rings. The van der Waals surface area contributed by atoms with E-state index in [1.807, 2.05) is 0 Å². The van der Waals surface area contributed by atoms with Crippen LogP contribution in [0.2, 0.25) is 0 Å². The number of hydrogen-bond acceptors (Lipinski definition) is 1. The topological polar surface area (TPSA) is 3.24 Å². The minimum atomic E-state index is 0.447. The highest BCUT2D eigenvalue weighted by Crippen LogP contribution is 2.26. The van der Waals surface area contributed by atoms with Gasteiger partial charge in [0.1, 0.15) is 0 Å².